The van der Waals surface area contributed by atoms with Gasteiger partial charge in [-0.15, -0.1) is 0 Å². The summed E-state index contributed by atoms with van der Waals surface area (Å²) in [4.78, 5) is 47.6. The molecule has 2 heterocycles. The first-order valence-corrected chi connectivity index (χ1v) is 7.74. The van der Waals surface area contributed by atoms with E-state index in [1.165, 1.54) is 36.1 Å². The lowest BCUT2D eigenvalue weighted by Gasteiger charge is -2.45. The molecule has 2 fully saturated rings. The predicted molar refractivity (Wildman–Crippen MR) is 82.1 cm³/mol. The lowest BCUT2D eigenvalue weighted by atomic mass is 9.84. The average Bonchev–Trinajstić information content (AvgIpc) is 2.85. The number of benzene rings is 1. The maximum absolute atomic E-state index is 12.2. The number of fused-ring (bicyclic) bond motifs is 1. The second-order valence-corrected chi connectivity index (χ2v) is 6.18. The summed E-state index contributed by atoms with van der Waals surface area (Å²) in [6.07, 6.45) is -0.852. The van der Waals surface area contributed by atoms with E-state index in [-0.39, 0.29) is 18.7 Å². The van der Waals surface area contributed by atoms with Crippen LogP contribution in [0.5, 0.6) is 0 Å². The molecule has 4 atom stereocenters. The van der Waals surface area contributed by atoms with Crippen LogP contribution in [0.15, 0.2) is 24.3 Å². The van der Waals surface area contributed by atoms with Gasteiger partial charge in [-0.2, -0.15) is 0 Å². The Morgan fingerprint density at radius 3 is 2.60 bits per heavy atom. The highest BCUT2D eigenvalue weighted by molar-refractivity contribution is 6.11. The zero-order valence-electron chi connectivity index (χ0n) is 13.3. The highest BCUT2D eigenvalue weighted by atomic mass is 16.6. The summed E-state index contributed by atoms with van der Waals surface area (Å²) in [6.45, 7) is 1.32. The fraction of sp³-hybridized carbons (Fsp3) is 0.438. The third kappa shape index (κ3) is 2.86. The number of aliphatic hydroxyl groups excluding tert-OH is 1. The molecule has 3 rings (SSSR count). The summed E-state index contributed by atoms with van der Waals surface area (Å²) in [5, 5.41) is 20.2. The third-order valence-electron chi connectivity index (χ3n) is 4.58. The number of nitro groups is 1. The van der Waals surface area contributed by atoms with E-state index in [1.807, 2.05) is 0 Å². The van der Waals surface area contributed by atoms with E-state index >= 15 is 0 Å². The van der Waals surface area contributed by atoms with E-state index in [4.69, 9.17) is 4.74 Å². The molecule has 2 aliphatic heterocycles. The molecule has 9 heteroatoms. The summed E-state index contributed by atoms with van der Waals surface area (Å²) >= 11 is 0. The Morgan fingerprint density at radius 2 is 2.04 bits per heavy atom. The lowest BCUT2D eigenvalue weighted by molar-refractivity contribution is -0.384. The Labute approximate surface area is 142 Å². The Balaban J connectivity index is 1.63. The van der Waals surface area contributed by atoms with Crippen molar-refractivity contribution in [3.8, 4) is 0 Å². The highest BCUT2D eigenvalue weighted by Gasteiger charge is 2.61. The highest BCUT2D eigenvalue weighted by Crippen LogP contribution is 2.40. The molecular weight excluding hydrogens is 332 g/mol. The van der Waals surface area contributed by atoms with Crippen molar-refractivity contribution in [3.63, 3.8) is 0 Å². The maximum atomic E-state index is 12.2. The number of rotatable bonds is 5. The lowest BCUT2D eigenvalue weighted by Crippen LogP contribution is -2.64. The van der Waals surface area contributed by atoms with Crippen molar-refractivity contribution in [1.82, 2.24) is 4.90 Å². The number of ketones is 1. The van der Waals surface area contributed by atoms with Gasteiger partial charge in [0, 0.05) is 18.6 Å². The molecule has 2 aliphatic rings. The maximum Gasteiger partial charge on any atom is 0.337 e. The summed E-state index contributed by atoms with van der Waals surface area (Å²) in [6, 6.07) is 3.73. The first-order chi connectivity index (χ1) is 11.8. The van der Waals surface area contributed by atoms with Gasteiger partial charge in [-0.1, -0.05) is 0 Å². The van der Waals surface area contributed by atoms with Crippen molar-refractivity contribution in [2.45, 2.75) is 38.1 Å². The van der Waals surface area contributed by atoms with Crippen molar-refractivity contribution in [2.24, 2.45) is 5.92 Å². The molecule has 1 aromatic rings. The van der Waals surface area contributed by atoms with Crippen LogP contribution in [-0.4, -0.2) is 50.8 Å². The van der Waals surface area contributed by atoms with Gasteiger partial charge in [0.25, 0.3) is 5.69 Å². The molecule has 132 valence electrons. The average molecular weight is 348 g/mol. The van der Waals surface area contributed by atoms with Gasteiger partial charge in [0.1, 0.15) is 6.61 Å². The molecule has 9 nitrogen and oxygen atoms in total. The van der Waals surface area contributed by atoms with Gasteiger partial charge in [0.05, 0.1) is 23.0 Å². The largest absolute Gasteiger partial charge is 0.459 e. The fourth-order valence-electron chi connectivity index (χ4n) is 3.33. The molecule has 0 bridgehead atoms. The van der Waals surface area contributed by atoms with Gasteiger partial charge in [-0.25, -0.2) is 4.79 Å². The van der Waals surface area contributed by atoms with Crippen LogP contribution in [0.25, 0.3) is 0 Å². The molecule has 0 spiro atoms. The van der Waals surface area contributed by atoms with Gasteiger partial charge in [0.15, 0.2) is 11.8 Å². The number of nitro benzene ring substituents is 1. The zero-order valence-corrected chi connectivity index (χ0v) is 13.3. The second-order valence-electron chi connectivity index (χ2n) is 6.18. The molecule has 0 radical (unpaired) electrons. The summed E-state index contributed by atoms with van der Waals surface area (Å²) in [5.41, 5.74) is 0.442. The zero-order chi connectivity index (χ0) is 18.3. The van der Waals surface area contributed by atoms with Crippen LogP contribution in [0.2, 0.25) is 0 Å². The third-order valence-corrected chi connectivity index (χ3v) is 4.58. The Morgan fingerprint density at radius 1 is 1.40 bits per heavy atom. The van der Waals surface area contributed by atoms with E-state index in [0.717, 1.165) is 0 Å². The molecule has 1 aromatic carbocycles. The van der Waals surface area contributed by atoms with Crippen LogP contribution >= 0.6 is 0 Å². The minimum atomic E-state index is -1.27. The molecule has 1 amide bonds. The van der Waals surface area contributed by atoms with Crippen LogP contribution in [0.3, 0.4) is 0 Å². The first-order valence-electron chi connectivity index (χ1n) is 7.74. The molecule has 0 aliphatic carbocycles. The summed E-state index contributed by atoms with van der Waals surface area (Å²) < 4.78 is 5.09. The molecule has 25 heavy (non-hydrogen) atoms. The van der Waals surface area contributed by atoms with E-state index in [1.54, 1.807) is 0 Å². The number of nitrogens with zero attached hydrogens (tertiary/aromatic N) is 2. The number of β-lactam (4-membered cyclic amide) rings is 1. The standard InChI is InChI=1S/C16H16N2O7/c1-8(19)13-11-6-12(20)14(17(11)15(13)21)16(22)25-7-9-2-4-10(5-3-9)18(23)24/h2-5,8,11,13-14,19H,6-7H2,1H3/t8-,11-,13-,14?/m1/s1. The molecule has 1 N–H and O–H groups in total. The van der Waals surface area contributed by atoms with Gasteiger partial charge in [-0.3, -0.25) is 19.7 Å². The van der Waals surface area contributed by atoms with Gasteiger partial charge in [-0.05, 0) is 24.6 Å². The van der Waals surface area contributed by atoms with Crippen LogP contribution in [-0.2, 0) is 25.7 Å². The number of ether oxygens (including phenoxy) is 1. The molecule has 0 aromatic heterocycles. The number of carbonyl (C=O) groups excluding carboxylic acids is 3. The van der Waals surface area contributed by atoms with Gasteiger partial charge >= 0.3 is 5.97 Å². The smallest absolute Gasteiger partial charge is 0.337 e. The van der Waals surface area contributed by atoms with E-state index < -0.39 is 46.7 Å². The Kier molecular flexibility index (Phi) is 4.25. The minimum absolute atomic E-state index is 0.0264. The Hall–Kier alpha value is -2.81. The molecule has 2 saturated heterocycles. The van der Waals surface area contributed by atoms with Crippen molar-refractivity contribution in [3.05, 3.63) is 39.9 Å². The normalized spacial score (nSPS) is 26.0. The molecule has 0 saturated carbocycles. The number of Topliss-reactive ketones (excluding diaryl/α,β-unsaturated/α-hetero) is 1. The van der Waals surface area contributed by atoms with Crippen molar-refractivity contribution < 1.29 is 29.2 Å². The van der Waals surface area contributed by atoms with Gasteiger partial charge in [0.2, 0.25) is 5.91 Å². The number of hydrogen-bond donors (Lipinski definition) is 1. The number of carbonyl (C=O) groups is 3. The van der Waals surface area contributed by atoms with Gasteiger partial charge < -0.3 is 14.7 Å². The van der Waals surface area contributed by atoms with Crippen LogP contribution in [0.1, 0.15) is 18.9 Å². The first kappa shape index (κ1) is 17.0. The SMILES string of the molecule is C[C@@H](O)[C@H]1C(=O)N2C(C(=O)OCc3ccc([N+](=O)[O-])cc3)C(=O)C[C@H]12. The van der Waals surface area contributed by atoms with Crippen LogP contribution < -0.4 is 0 Å². The summed E-state index contributed by atoms with van der Waals surface area (Å²) in [5.74, 6) is -2.32. The van der Waals surface area contributed by atoms with Crippen molar-refractivity contribution in [1.29, 1.82) is 0 Å². The number of esters is 1. The fourth-order valence-corrected chi connectivity index (χ4v) is 3.33. The number of amides is 1. The molecular formula is C16H16N2O7. The van der Waals surface area contributed by atoms with E-state index in [9.17, 15) is 29.6 Å². The van der Waals surface area contributed by atoms with E-state index in [2.05, 4.69) is 0 Å². The molecule has 1 unspecified atom stereocenters. The second kappa shape index (κ2) is 6.25. The number of aliphatic hydroxyl groups is 1. The number of non-ortho nitro benzene ring substituents is 1. The minimum Gasteiger partial charge on any atom is -0.459 e. The van der Waals surface area contributed by atoms with Crippen LogP contribution in [0.4, 0.5) is 5.69 Å². The topological polar surface area (TPSA) is 127 Å². The van der Waals surface area contributed by atoms with Crippen molar-refractivity contribution in [2.75, 3.05) is 0 Å². The quantitative estimate of drug-likeness (QED) is 0.264. The Bertz CT molecular complexity index is 743. The summed E-state index contributed by atoms with van der Waals surface area (Å²) in [7, 11) is 0. The predicted octanol–water partition coefficient (Wildman–Crippen LogP) is 0.187. The number of hydrogen-bond acceptors (Lipinski definition) is 7. The van der Waals surface area contributed by atoms with Crippen LogP contribution in [0, 0.1) is 16.0 Å². The van der Waals surface area contributed by atoms with E-state index in [0.29, 0.717) is 5.56 Å². The van der Waals surface area contributed by atoms with Crippen molar-refractivity contribution >= 4 is 23.3 Å². The monoisotopic (exact) mass is 348 g/mol.